The minimum atomic E-state index is 0.137. The number of hydrogen-bond donors (Lipinski definition) is 1. The normalized spacial score (nSPS) is 15.4. The smallest absolute Gasteiger partial charge is 0.220 e. The average molecular weight is 367 g/mol. The van der Waals surface area contributed by atoms with Crippen LogP contribution < -0.4 is 10.1 Å². The molecule has 2 aromatic rings. The van der Waals surface area contributed by atoms with Gasteiger partial charge < -0.3 is 10.1 Å². The number of likely N-dealkylation sites (tertiary alicyclic amines) is 1. The minimum absolute atomic E-state index is 0.137. The van der Waals surface area contributed by atoms with Gasteiger partial charge in [0.2, 0.25) is 5.91 Å². The van der Waals surface area contributed by atoms with E-state index < -0.39 is 0 Å². The lowest BCUT2D eigenvalue weighted by Crippen LogP contribution is -2.36. The average Bonchev–Trinajstić information content (AvgIpc) is 3.24. The molecule has 1 fully saturated rings. The fraction of sp³-hybridized carbons (Fsp3) is 0.435. The van der Waals surface area contributed by atoms with E-state index in [2.05, 4.69) is 34.5 Å². The zero-order valence-corrected chi connectivity index (χ0v) is 16.2. The van der Waals surface area contributed by atoms with Crippen LogP contribution in [-0.2, 0) is 11.2 Å². The predicted octanol–water partition coefficient (Wildman–Crippen LogP) is 3.97. The van der Waals surface area contributed by atoms with E-state index in [1.165, 1.54) is 24.0 Å². The monoisotopic (exact) mass is 366 g/mol. The number of rotatable bonds is 9. The third-order valence-corrected chi connectivity index (χ3v) is 5.26. The van der Waals surface area contributed by atoms with Gasteiger partial charge >= 0.3 is 0 Å². The maximum absolute atomic E-state index is 12.4. The maximum Gasteiger partial charge on any atom is 0.220 e. The van der Waals surface area contributed by atoms with Crippen LogP contribution in [0.5, 0.6) is 5.75 Å². The van der Waals surface area contributed by atoms with E-state index in [9.17, 15) is 4.79 Å². The van der Waals surface area contributed by atoms with Gasteiger partial charge in [0.05, 0.1) is 13.2 Å². The first kappa shape index (κ1) is 19.4. The summed E-state index contributed by atoms with van der Waals surface area (Å²) in [7, 11) is 1.69. The van der Waals surface area contributed by atoms with Crippen molar-refractivity contribution in [1.82, 2.24) is 10.2 Å². The molecule has 2 aromatic carbocycles. The molecule has 0 spiro atoms. The first-order valence-corrected chi connectivity index (χ1v) is 9.95. The highest BCUT2D eigenvalue weighted by atomic mass is 16.5. The Morgan fingerprint density at radius 1 is 1.11 bits per heavy atom. The van der Waals surface area contributed by atoms with Crippen molar-refractivity contribution in [2.75, 3.05) is 26.7 Å². The molecule has 1 N–H and O–H groups in total. The quantitative estimate of drug-likeness (QED) is 0.730. The van der Waals surface area contributed by atoms with Crippen molar-refractivity contribution in [3.8, 4) is 5.75 Å². The van der Waals surface area contributed by atoms with Gasteiger partial charge in [-0.25, -0.2) is 0 Å². The van der Waals surface area contributed by atoms with Crippen LogP contribution in [0.4, 0.5) is 0 Å². The number of amides is 1. The number of methoxy groups -OCH3 is 1. The van der Waals surface area contributed by atoms with Crippen LogP contribution in [0.25, 0.3) is 0 Å². The summed E-state index contributed by atoms with van der Waals surface area (Å²) in [4.78, 5) is 14.8. The molecular weight excluding hydrogens is 336 g/mol. The minimum Gasteiger partial charge on any atom is -0.497 e. The van der Waals surface area contributed by atoms with E-state index in [1.54, 1.807) is 7.11 Å². The Labute approximate surface area is 162 Å². The molecule has 0 radical (unpaired) electrons. The van der Waals surface area contributed by atoms with E-state index >= 15 is 0 Å². The Bertz CT molecular complexity index is 711. The van der Waals surface area contributed by atoms with Crippen LogP contribution in [-0.4, -0.2) is 37.6 Å². The zero-order valence-electron chi connectivity index (χ0n) is 16.2. The number of benzene rings is 2. The Kier molecular flexibility index (Phi) is 7.28. The van der Waals surface area contributed by atoms with Crippen LogP contribution in [0.2, 0.25) is 0 Å². The molecule has 1 saturated heterocycles. The van der Waals surface area contributed by atoms with Crippen LogP contribution in [0.3, 0.4) is 0 Å². The molecule has 4 heteroatoms. The first-order chi connectivity index (χ1) is 13.3. The van der Waals surface area contributed by atoms with Crippen LogP contribution in [0, 0.1) is 0 Å². The first-order valence-electron chi connectivity index (χ1n) is 9.95. The molecule has 0 aliphatic carbocycles. The van der Waals surface area contributed by atoms with Gasteiger partial charge in [0.1, 0.15) is 5.75 Å². The molecule has 0 saturated carbocycles. The van der Waals surface area contributed by atoms with Crippen molar-refractivity contribution in [2.24, 2.45) is 0 Å². The summed E-state index contributed by atoms with van der Waals surface area (Å²) in [6, 6.07) is 18.8. The van der Waals surface area contributed by atoms with Crippen LogP contribution in [0.1, 0.15) is 42.9 Å². The highest BCUT2D eigenvalue weighted by Crippen LogP contribution is 2.27. The maximum atomic E-state index is 12.4. The van der Waals surface area contributed by atoms with Gasteiger partial charge in [-0.05, 0) is 62.0 Å². The largest absolute Gasteiger partial charge is 0.497 e. The summed E-state index contributed by atoms with van der Waals surface area (Å²) >= 11 is 0. The Balaban J connectivity index is 1.53. The number of carbonyl (C=O) groups excluding carboxylic acids is 1. The van der Waals surface area contributed by atoms with Gasteiger partial charge in [-0.3, -0.25) is 9.69 Å². The summed E-state index contributed by atoms with van der Waals surface area (Å²) in [5, 5.41) is 3.16. The molecular formula is C23H30N2O2. The SMILES string of the molecule is COc1cccc(C(CNC(=O)CCCc2ccccc2)N2CCCC2)c1. The Hall–Kier alpha value is -2.33. The van der Waals surface area contributed by atoms with Gasteiger partial charge in [0.25, 0.3) is 0 Å². The lowest BCUT2D eigenvalue weighted by Gasteiger charge is -2.28. The molecule has 0 aromatic heterocycles. The fourth-order valence-electron chi connectivity index (χ4n) is 3.76. The van der Waals surface area contributed by atoms with Crippen molar-refractivity contribution >= 4 is 5.91 Å². The summed E-state index contributed by atoms with van der Waals surface area (Å²) in [5.41, 5.74) is 2.50. The molecule has 1 unspecified atom stereocenters. The van der Waals surface area contributed by atoms with E-state index in [1.807, 2.05) is 30.3 Å². The van der Waals surface area contributed by atoms with E-state index in [0.29, 0.717) is 13.0 Å². The second kappa shape index (κ2) is 10.1. The standard InChI is InChI=1S/C23H30N2O2/c1-27-21-13-8-12-20(17-21)22(25-15-5-6-16-25)18-24-23(26)14-7-11-19-9-3-2-4-10-19/h2-4,8-10,12-13,17,22H,5-7,11,14-16,18H2,1H3,(H,24,26). The van der Waals surface area contributed by atoms with E-state index in [-0.39, 0.29) is 11.9 Å². The number of aryl methyl sites for hydroxylation is 1. The van der Waals surface area contributed by atoms with Crippen molar-refractivity contribution < 1.29 is 9.53 Å². The molecule has 3 rings (SSSR count). The highest BCUT2D eigenvalue weighted by molar-refractivity contribution is 5.75. The summed E-state index contributed by atoms with van der Waals surface area (Å²) < 4.78 is 5.38. The predicted molar refractivity (Wildman–Crippen MR) is 109 cm³/mol. The van der Waals surface area contributed by atoms with E-state index in [0.717, 1.165) is 31.7 Å². The van der Waals surface area contributed by atoms with E-state index in [4.69, 9.17) is 4.74 Å². The fourth-order valence-corrected chi connectivity index (χ4v) is 3.76. The molecule has 0 bridgehead atoms. The number of hydrogen-bond acceptors (Lipinski definition) is 3. The lowest BCUT2D eigenvalue weighted by molar-refractivity contribution is -0.121. The van der Waals surface area contributed by atoms with Crippen molar-refractivity contribution in [3.05, 3.63) is 65.7 Å². The summed E-state index contributed by atoms with van der Waals surface area (Å²) in [5.74, 6) is 1.00. The number of nitrogens with zero attached hydrogens (tertiary/aromatic N) is 1. The second-order valence-electron chi connectivity index (χ2n) is 7.18. The number of nitrogens with one attached hydrogen (secondary N) is 1. The van der Waals surface area contributed by atoms with Crippen molar-refractivity contribution in [3.63, 3.8) is 0 Å². The van der Waals surface area contributed by atoms with Crippen molar-refractivity contribution in [2.45, 2.75) is 38.1 Å². The molecule has 1 aliphatic rings. The lowest BCUT2D eigenvalue weighted by atomic mass is 10.0. The van der Waals surface area contributed by atoms with Crippen molar-refractivity contribution in [1.29, 1.82) is 0 Å². The zero-order chi connectivity index (χ0) is 18.9. The van der Waals surface area contributed by atoms with Gasteiger partial charge in [-0.1, -0.05) is 42.5 Å². The third-order valence-electron chi connectivity index (χ3n) is 5.26. The van der Waals surface area contributed by atoms with Gasteiger partial charge in [-0.15, -0.1) is 0 Å². The van der Waals surface area contributed by atoms with Gasteiger partial charge in [-0.2, -0.15) is 0 Å². The topological polar surface area (TPSA) is 41.6 Å². The van der Waals surface area contributed by atoms with Crippen LogP contribution >= 0.6 is 0 Å². The molecule has 1 atom stereocenters. The van der Waals surface area contributed by atoms with Crippen LogP contribution in [0.15, 0.2) is 54.6 Å². The highest BCUT2D eigenvalue weighted by Gasteiger charge is 2.24. The Morgan fingerprint density at radius 3 is 2.63 bits per heavy atom. The van der Waals surface area contributed by atoms with Gasteiger partial charge in [0.15, 0.2) is 0 Å². The summed E-state index contributed by atoms with van der Waals surface area (Å²) in [6.45, 7) is 2.83. The molecule has 27 heavy (non-hydrogen) atoms. The molecule has 1 heterocycles. The number of ether oxygens (including phenoxy) is 1. The second-order valence-corrected chi connectivity index (χ2v) is 7.18. The molecule has 1 amide bonds. The molecule has 1 aliphatic heterocycles. The molecule has 144 valence electrons. The Morgan fingerprint density at radius 2 is 1.89 bits per heavy atom. The number of carbonyl (C=O) groups is 1. The van der Waals surface area contributed by atoms with Gasteiger partial charge in [0, 0.05) is 13.0 Å². The third kappa shape index (κ3) is 5.83. The molecule has 4 nitrogen and oxygen atoms in total. The summed E-state index contributed by atoms with van der Waals surface area (Å²) in [6.07, 6.45) is 4.85.